The fraction of sp³-hybridized carbons (Fsp3) is 0.429. The second-order valence-electron chi connectivity index (χ2n) is 4.92. The number of hydrogen-bond acceptors (Lipinski definition) is 3. The first kappa shape index (κ1) is 12.2. The lowest BCUT2D eigenvalue weighted by molar-refractivity contribution is 0.0722. The highest BCUT2D eigenvalue weighted by Crippen LogP contribution is 2.22. The zero-order chi connectivity index (χ0) is 13.2. The molecule has 1 aliphatic rings. The van der Waals surface area contributed by atoms with E-state index in [9.17, 15) is 4.79 Å². The number of hydrogen-bond donors (Lipinski definition) is 2. The van der Waals surface area contributed by atoms with Crippen molar-refractivity contribution in [2.75, 3.05) is 7.11 Å². The molecule has 1 fully saturated rings. The minimum atomic E-state index is -0.0505. The van der Waals surface area contributed by atoms with Gasteiger partial charge in [-0.2, -0.15) is 0 Å². The lowest BCUT2D eigenvalue weighted by atomic mass is 10.1. The standard InChI is InChI=1S/C14H17N3O2/c1-19-13-4-2-3-11(13)17-14(18)9-5-6-10-12(7-9)16-8-15-10/h5-8,11,13H,2-4H2,1H3,(H,15,16)(H,17,18). The number of aromatic amines is 1. The molecule has 0 bridgehead atoms. The van der Waals surface area contributed by atoms with E-state index in [2.05, 4.69) is 15.3 Å². The molecule has 1 aromatic carbocycles. The minimum Gasteiger partial charge on any atom is -0.379 e. The predicted octanol–water partition coefficient (Wildman–Crippen LogP) is 1.86. The van der Waals surface area contributed by atoms with Crippen molar-refractivity contribution in [3.8, 4) is 0 Å². The van der Waals surface area contributed by atoms with Crippen LogP contribution in [0.2, 0.25) is 0 Å². The fourth-order valence-corrected chi connectivity index (χ4v) is 2.70. The van der Waals surface area contributed by atoms with Gasteiger partial charge in [-0.3, -0.25) is 4.79 Å². The van der Waals surface area contributed by atoms with Crippen molar-refractivity contribution in [2.45, 2.75) is 31.4 Å². The van der Waals surface area contributed by atoms with Crippen LogP contribution in [0.3, 0.4) is 0 Å². The van der Waals surface area contributed by atoms with Gasteiger partial charge in [-0.1, -0.05) is 0 Å². The lowest BCUT2D eigenvalue weighted by Gasteiger charge is -2.19. The number of aromatic nitrogens is 2. The summed E-state index contributed by atoms with van der Waals surface area (Å²) < 4.78 is 5.39. The number of nitrogens with zero attached hydrogens (tertiary/aromatic N) is 1. The third-order valence-corrected chi connectivity index (χ3v) is 3.75. The smallest absolute Gasteiger partial charge is 0.251 e. The quantitative estimate of drug-likeness (QED) is 0.884. The summed E-state index contributed by atoms with van der Waals surface area (Å²) in [7, 11) is 1.70. The van der Waals surface area contributed by atoms with E-state index in [4.69, 9.17) is 4.74 Å². The average molecular weight is 259 g/mol. The van der Waals surface area contributed by atoms with Crippen LogP contribution >= 0.6 is 0 Å². The zero-order valence-electron chi connectivity index (χ0n) is 10.8. The van der Waals surface area contributed by atoms with E-state index in [-0.39, 0.29) is 18.1 Å². The van der Waals surface area contributed by atoms with Gasteiger partial charge in [0.15, 0.2) is 0 Å². The highest BCUT2D eigenvalue weighted by Gasteiger charge is 2.28. The molecule has 5 nitrogen and oxygen atoms in total. The van der Waals surface area contributed by atoms with Gasteiger partial charge >= 0.3 is 0 Å². The minimum absolute atomic E-state index is 0.0505. The molecular weight excluding hydrogens is 242 g/mol. The molecule has 100 valence electrons. The van der Waals surface area contributed by atoms with Gasteiger partial charge in [0.25, 0.3) is 5.91 Å². The Morgan fingerprint density at radius 3 is 3.21 bits per heavy atom. The molecule has 2 N–H and O–H groups in total. The highest BCUT2D eigenvalue weighted by molar-refractivity contribution is 5.97. The Hall–Kier alpha value is -1.88. The van der Waals surface area contributed by atoms with Crippen LogP contribution in [0.1, 0.15) is 29.6 Å². The van der Waals surface area contributed by atoms with E-state index in [0.717, 1.165) is 30.3 Å². The number of fused-ring (bicyclic) bond motifs is 1. The zero-order valence-corrected chi connectivity index (χ0v) is 10.8. The molecule has 0 radical (unpaired) electrons. The topological polar surface area (TPSA) is 67.0 Å². The third kappa shape index (κ3) is 2.33. The number of carbonyl (C=O) groups is 1. The molecule has 19 heavy (non-hydrogen) atoms. The first-order valence-electron chi connectivity index (χ1n) is 6.55. The molecule has 2 unspecified atom stereocenters. The van der Waals surface area contributed by atoms with Gasteiger partial charge < -0.3 is 15.0 Å². The SMILES string of the molecule is COC1CCCC1NC(=O)c1ccc2nc[nH]c2c1. The number of H-pyrrole nitrogens is 1. The molecule has 1 aromatic heterocycles. The molecule has 5 heteroatoms. The number of amides is 1. The Labute approximate surface area is 111 Å². The van der Waals surface area contributed by atoms with Crippen molar-refractivity contribution in [1.29, 1.82) is 0 Å². The maximum atomic E-state index is 12.2. The summed E-state index contributed by atoms with van der Waals surface area (Å²) in [5.41, 5.74) is 2.40. The van der Waals surface area contributed by atoms with E-state index >= 15 is 0 Å². The molecule has 1 aliphatic carbocycles. The Bertz CT molecular complexity index is 593. The van der Waals surface area contributed by atoms with Crippen molar-refractivity contribution in [3.05, 3.63) is 30.1 Å². The summed E-state index contributed by atoms with van der Waals surface area (Å²) in [6.45, 7) is 0. The summed E-state index contributed by atoms with van der Waals surface area (Å²) in [6, 6.07) is 5.60. The Morgan fingerprint density at radius 1 is 1.47 bits per heavy atom. The fourth-order valence-electron chi connectivity index (χ4n) is 2.70. The Morgan fingerprint density at radius 2 is 2.37 bits per heavy atom. The van der Waals surface area contributed by atoms with Crippen LogP contribution in [0, 0.1) is 0 Å². The molecule has 2 atom stereocenters. The van der Waals surface area contributed by atoms with Gasteiger partial charge in [0, 0.05) is 12.7 Å². The van der Waals surface area contributed by atoms with Crippen LogP contribution < -0.4 is 5.32 Å². The summed E-state index contributed by atoms with van der Waals surface area (Å²) >= 11 is 0. The number of methoxy groups -OCH3 is 1. The van der Waals surface area contributed by atoms with Crippen LogP contribution in [-0.4, -0.2) is 35.1 Å². The van der Waals surface area contributed by atoms with Gasteiger partial charge in [0.2, 0.25) is 0 Å². The van der Waals surface area contributed by atoms with Crippen LogP contribution in [0.25, 0.3) is 11.0 Å². The van der Waals surface area contributed by atoms with E-state index in [1.807, 2.05) is 12.1 Å². The largest absolute Gasteiger partial charge is 0.379 e. The predicted molar refractivity (Wildman–Crippen MR) is 72.0 cm³/mol. The monoisotopic (exact) mass is 259 g/mol. The maximum absolute atomic E-state index is 12.2. The molecule has 1 amide bonds. The molecule has 2 aromatic rings. The molecule has 1 saturated carbocycles. The van der Waals surface area contributed by atoms with Crippen LogP contribution in [-0.2, 0) is 4.74 Å². The number of carbonyl (C=O) groups excluding carboxylic acids is 1. The van der Waals surface area contributed by atoms with Crippen LogP contribution in [0.5, 0.6) is 0 Å². The maximum Gasteiger partial charge on any atom is 0.251 e. The third-order valence-electron chi connectivity index (χ3n) is 3.75. The second-order valence-corrected chi connectivity index (χ2v) is 4.92. The van der Waals surface area contributed by atoms with Crippen LogP contribution in [0.4, 0.5) is 0 Å². The number of nitrogens with one attached hydrogen (secondary N) is 2. The van der Waals surface area contributed by atoms with Crippen molar-refractivity contribution in [3.63, 3.8) is 0 Å². The molecule has 0 spiro atoms. The van der Waals surface area contributed by atoms with E-state index < -0.39 is 0 Å². The Balaban J connectivity index is 1.76. The first-order valence-corrected chi connectivity index (χ1v) is 6.55. The number of rotatable bonds is 3. The molecule has 1 heterocycles. The van der Waals surface area contributed by atoms with Crippen molar-refractivity contribution < 1.29 is 9.53 Å². The van der Waals surface area contributed by atoms with E-state index in [0.29, 0.717) is 5.56 Å². The van der Waals surface area contributed by atoms with Crippen molar-refractivity contribution >= 4 is 16.9 Å². The number of imidazole rings is 1. The first-order chi connectivity index (χ1) is 9.28. The van der Waals surface area contributed by atoms with Gasteiger partial charge in [0.1, 0.15) is 0 Å². The van der Waals surface area contributed by atoms with Gasteiger partial charge in [-0.25, -0.2) is 4.98 Å². The van der Waals surface area contributed by atoms with Crippen LogP contribution in [0.15, 0.2) is 24.5 Å². The van der Waals surface area contributed by atoms with E-state index in [1.165, 1.54) is 0 Å². The molecule has 0 aliphatic heterocycles. The summed E-state index contributed by atoms with van der Waals surface area (Å²) in [5, 5.41) is 3.05. The number of benzene rings is 1. The molecular formula is C14H17N3O2. The van der Waals surface area contributed by atoms with Crippen molar-refractivity contribution in [2.24, 2.45) is 0 Å². The summed E-state index contributed by atoms with van der Waals surface area (Å²) in [5.74, 6) is -0.0505. The lowest BCUT2D eigenvalue weighted by Crippen LogP contribution is -2.40. The summed E-state index contributed by atoms with van der Waals surface area (Å²) in [4.78, 5) is 19.4. The van der Waals surface area contributed by atoms with Crippen molar-refractivity contribution in [1.82, 2.24) is 15.3 Å². The van der Waals surface area contributed by atoms with Gasteiger partial charge in [0.05, 0.1) is 29.5 Å². The van der Waals surface area contributed by atoms with Gasteiger partial charge in [-0.15, -0.1) is 0 Å². The Kier molecular flexibility index (Phi) is 3.21. The normalized spacial score (nSPS) is 22.8. The highest BCUT2D eigenvalue weighted by atomic mass is 16.5. The average Bonchev–Trinajstić information content (AvgIpc) is 3.05. The molecule has 3 rings (SSSR count). The van der Waals surface area contributed by atoms with E-state index in [1.54, 1.807) is 19.5 Å². The molecule has 0 saturated heterocycles. The van der Waals surface area contributed by atoms with Gasteiger partial charge in [-0.05, 0) is 37.5 Å². The number of ether oxygens (including phenoxy) is 1. The second kappa shape index (κ2) is 5.01. The summed E-state index contributed by atoms with van der Waals surface area (Å²) in [6.07, 6.45) is 4.87.